The maximum absolute atomic E-state index is 11.9. The first-order chi connectivity index (χ1) is 9.64. The highest BCUT2D eigenvalue weighted by atomic mass is 16.4. The number of fused-ring (bicyclic) bond motifs is 1. The minimum atomic E-state index is -1.15. The van der Waals surface area contributed by atoms with E-state index in [2.05, 4.69) is 0 Å². The average molecular weight is 270 g/mol. The van der Waals surface area contributed by atoms with Crippen LogP contribution in [0.1, 0.15) is 31.2 Å². The van der Waals surface area contributed by atoms with Crippen LogP contribution in [0.25, 0.3) is 10.8 Å². The van der Waals surface area contributed by atoms with E-state index in [4.69, 9.17) is 0 Å². The molecule has 2 aromatic rings. The molecular formula is C17H18O3. The number of benzene rings is 2. The van der Waals surface area contributed by atoms with E-state index in [1.807, 2.05) is 42.5 Å². The van der Waals surface area contributed by atoms with Crippen molar-refractivity contribution in [1.29, 1.82) is 0 Å². The molecule has 3 heteroatoms. The molecule has 0 amide bonds. The summed E-state index contributed by atoms with van der Waals surface area (Å²) < 4.78 is 0. The molecule has 104 valence electrons. The third kappa shape index (κ3) is 1.90. The van der Waals surface area contributed by atoms with E-state index >= 15 is 0 Å². The lowest BCUT2D eigenvalue weighted by molar-refractivity contribution is -0.151. The average Bonchev–Trinajstić information content (AvgIpc) is 2.47. The zero-order chi connectivity index (χ0) is 14.2. The zero-order valence-electron chi connectivity index (χ0n) is 11.2. The molecule has 0 heterocycles. The quantitative estimate of drug-likeness (QED) is 0.881. The summed E-state index contributed by atoms with van der Waals surface area (Å²) in [5, 5.41) is 22.2. The molecule has 3 rings (SSSR count). The number of aliphatic hydroxyl groups is 1. The van der Waals surface area contributed by atoms with E-state index in [1.54, 1.807) is 0 Å². The van der Waals surface area contributed by atoms with Gasteiger partial charge in [-0.3, -0.25) is 4.79 Å². The van der Waals surface area contributed by atoms with Gasteiger partial charge in [0, 0.05) is 0 Å². The Balaban J connectivity index is 2.16. The van der Waals surface area contributed by atoms with Crippen molar-refractivity contribution in [3.8, 4) is 0 Å². The smallest absolute Gasteiger partial charge is 0.316 e. The summed E-state index contributed by atoms with van der Waals surface area (Å²) in [7, 11) is 0. The highest BCUT2D eigenvalue weighted by molar-refractivity contribution is 5.88. The van der Waals surface area contributed by atoms with Gasteiger partial charge in [0.1, 0.15) is 5.41 Å². The second-order valence-electron chi connectivity index (χ2n) is 5.60. The topological polar surface area (TPSA) is 57.5 Å². The van der Waals surface area contributed by atoms with Gasteiger partial charge < -0.3 is 10.2 Å². The SMILES string of the molecule is O=C(O)[C@@]1(c2ccc3ccccc3c2)CCCC[C@@H]1O. The molecule has 0 aliphatic heterocycles. The van der Waals surface area contributed by atoms with Crippen LogP contribution in [0.4, 0.5) is 0 Å². The van der Waals surface area contributed by atoms with Crippen molar-refractivity contribution in [2.45, 2.75) is 37.2 Å². The maximum Gasteiger partial charge on any atom is 0.316 e. The van der Waals surface area contributed by atoms with E-state index < -0.39 is 17.5 Å². The summed E-state index contributed by atoms with van der Waals surface area (Å²) in [5.41, 5.74) is -0.432. The largest absolute Gasteiger partial charge is 0.481 e. The Kier molecular flexibility index (Phi) is 3.22. The molecule has 2 atom stereocenters. The Labute approximate surface area is 117 Å². The Hall–Kier alpha value is -1.87. The van der Waals surface area contributed by atoms with Crippen LogP contribution in [-0.4, -0.2) is 22.3 Å². The van der Waals surface area contributed by atoms with Crippen molar-refractivity contribution in [3.63, 3.8) is 0 Å². The second kappa shape index (κ2) is 4.91. The van der Waals surface area contributed by atoms with Crippen LogP contribution < -0.4 is 0 Å². The number of hydrogen-bond acceptors (Lipinski definition) is 2. The number of carboxylic acid groups (broad SMARTS) is 1. The number of carboxylic acids is 1. The number of aliphatic carboxylic acids is 1. The summed E-state index contributed by atoms with van der Waals surface area (Å²) in [5.74, 6) is -0.917. The van der Waals surface area contributed by atoms with Crippen molar-refractivity contribution in [2.24, 2.45) is 0 Å². The monoisotopic (exact) mass is 270 g/mol. The van der Waals surface area contributed by atoms with E-state index in [1.165, 1.54) is 0 Å². The third-order valence-corrected chi connectivity index (χ3v) is 4.51. The van der Waals surface area contributed by atoms with Gasteiger partial charge in [-0.2, -0.15) is 0 Å². The van der Waals surface area contributed by atoms with Gasteiger partial charge in [0.05, 0.1) is 6.10 Å². The van der Waals surface area contributed by atoms with Crippen LogP contribution in [0.5, 0.6) is 0 Å². The molecule has 0 spiro atoms. The van der Waals surface area contributed by atoms with Crippen LogP contribution in [0.3, 0.4) is 0 Å². The normalized spacial score (nSPS) is 26.6. The lowest BCUT2D eigenvalue weighted by Gasteiger charge is -2.38. The van der Waals surface area contributed by atoms with Gasteiger partial charge in [-0.1, -0.05) is 49.2 Å². The van der Waals surface area contributed by atoms with Crippen LogP contribution in [0.2, 0.25) is 0 Å². The minimum Gasteiger partial charge on any atom is -0.481 e. The van der Waals surface area contributed by atoms with Gasteiger partial charge in [0.2, 0.25) is 0 Å². The number of rotatable bonds is 2. The molecule has 3 nitrogen and oxygen atoms in total. The first kappa shape index (κ1) is 13.1. The zero-order valence-corrected chi connectivity index (χ0v) is 11.2. The van der Waals surface area contributed by atoms with Crippen molar-refractivity contribution >= 4 is 16.7 Å². The van der Waals surface area contributed by atoms with E-state index in [0.717, 1.165) is 29.2 Å². The van der Waals surface area contributed by atoms with Gasteiger partial charge in [-0.25, -0.2) is 0 Å². The molecule has 1 aliphatic rings. The lowest BCUT2D eigenvalue weighted by Crippen LogP contribution is -2.48. The molecule has 0 saturated heterocycles. The molecular weight excluding hydrogens is 252 g/mol. The molecule has 1 saturated carbocycles. The first-order valence-electron chi connectivity index (χ1n) is 7.05. The Morgan fingerprint density at radius 1 is 1.10 bits per heavy atom. The van der Waals surface area contributed by atoms with Crippen LogP contribution >= 0.6 is 0 Å². The highest BCUT2D eigenvalue weighted by Gasteiger charge is 2.48. The van der Waals surface area contributed by atoms with Crippen LogP contribution in [0, 0.1) is 0 Å². The van der Waals surface area contributed by atoms with Crippen molar-refractivity contribution in [1.82, 2.24) is 0 Å². The number of hydrogen-bond donors (Lipinski definition) is 2. The molecule has 2 aromatic carbocycles. The van der Waals surface area contributed by atoms with E-state index in [0.29, 0.717) is 12.8 Å². The van der Waals surface area contributed by atoms with Crippen molar-refractivity contribution in [3.05, 3.63) is 48.0 Å². The lowest BCUT2D eigenvalue weighted by atomic mass is 9.67. The predicted octanol–water partition coefficient (Wildman–Crippen LogP) is 3.10. The minimum absolute atomic E-state index is 0.502. The second-order valence-corrected chi connectivity index (χ2v) is 5.60. The van der Waals surface area contributed by atoms with E-state index in [9.17, 15) is 15.0 Å². The van der Waals surface area contributed by atoms with Crippen LogP contribution in [-0.2, 0) is 10.2 Å². The molecule has 1 fully saturated rings. The summed E-state index contributed by atoms with van der Waals surface area (Å²) in [6, 6.07) is 13.6. The summed E-state index contributed by atoms with van der Waals surface area (Å²) >= 11 is 0. The molecule has 0 bridgehead atoms. The summed E-state index contributed by atoms with van der Waals surface area (Å²) in [6.07, 6.45) is 1.98. The number of aliphatic hydroxyl groups excluding tert-OH is 1. The predicted molar refractivity (Wildman–Crippen MR) is 77.7 cm³/mol. The molecule has 20 heavy (non-hydrogen) atoms. The van der Waals surface area contributed by atoms with Gasteiger partial charge in [0.15, 0.2) is 0 Å². The Morgan fingerprint density at radius 2 is 1.85 bits per heavy atom. The fourth-order valence-corrected chi connectivity index (χ4v) is 3.33. The molecule has 0 radical (unpaired) electrons. The van der Waals surface area contributed by atoms with E-state index in [-0.39, 0.29) is 0 Å². The highest BCUT2D eigenvalue weighted by Crippen LogP contribution is 2.40. The summed E-state index contributed by atoms with van der Waals surface area (Å²) in [4.78, 5) is 11.9. The van der Waals surface area contributed by atoms with Gasteiger partial charge in [-0.15, -0.1) is 0 Å². The maximum atomic E-state index is 11.9. The molecule has 2 N–H and O–H groups in total. The van der Waals surface area contributed by atoms with Gasteiger partial charge in [0.25, 0.3) is 0 Å². The van der Waals surface area contributed by atoms with Crippen molar-refractivity contribution < 1.29 is 15.0 Å². The summed E-state index contributed by atoms with van der Waals surface area (Å²) in [6.45, 7) is 0. The fraction of sp³-hybridized carbons (Fsp3) is 0.353. The fourth-order valence-electron chi connectivity index (χ4n) is 3.33. The molecule has 0 unspecified atom stereocenters. The van der Waals surface area contributed by atoms with Crippen molar-refractivity contribution in [2.75, 3.05) is 0 Å². The van der Waals surface area contributed by atoms with Gasteiger partial charge in [-0.05, 0) is 35.2 Å². The third-order valence-electron chi connectivity index (χ3n) is 4.51. The molecule has 0 aromatic heterocycles. The standard InChI is InChI=1S/C17H18O3/c18-15-7-3-4-10-17(15,16(19)20)14-9-8-12-5-1-2-6-13(12)11-14/h1-2,5-6,8-9,11,15,18H,3-4,7,10H2,(H,19,20)/t15-,17+/m0/s1. The Morgan fingerprint density at radius 3 is 2.55 bits per heavy atom. The first-order valence-corrected chi connectivity index (χ1v) is 7.05. The van der Waals surface area contributed by atoms with Crippen LogP contribution in [0.15, 0.2) is 42.5 Å². The van der Waals surface area contributed by atoms with Gasteiger partial charge >= 0.3 is 5.97 Å². The Bertz CT molecular complexity index is 649. The number of carbonyl (C=O) groups is 1. The molecule has 1 aliphatic carbocycles.